The first-order valence-corrected chi connectivity index (χ1v) is 8.14. The molecule has 7 nitrogen and oxygen atoms in total. The van der Waals surface area contributed by atoms with E-state index in [0.29, 0.717) is 13.1 Å². The number of rotatable bonds is 5. The highest BCUT2D eigenvalue weighted by Crippen LogP contribution is 2.14. The molecule has 0 atom stereocenters. The van der Waals surface area contributed by atoms with E-state index in [9.17, 15) is 4.79 Å². The zero-order valence-electron chi connectivity index (χ0n) is 13.2. The van der Waals surface area contributed by atoms with Crippen LogP contribution in [0, 0.1) is 0 Å². The number of pyridine rings is 1. The smallest absolute Gasteiger partial charge is 0.315 e. The molecule has 0 saturated carbocycles. The van der Waals surface area contributed by atoms with Crippen molar-refractivity contribution in [3.63, 3.8) is 0 Å². The van der Waals surface area contributed by atoms with Gasteiger partial charge in [-0.3, -0.25) is 4.98 Å². The van der Waals surface area contributed by atoms with E-state index in [1.807, 2.05) is 18.3 Å². The third-order valence-corrected chi connectivity index (χ3v) is 4.02. The Labute approximate surface area is 135 Å². The summed E-state index contributed by atoms with van der Waals surface area (Å²) in [6.45, 7) is 1.93. The lowest BCUT2D eigenvalue weighted by Crippen LogP contribution is -2.36. The Morgan fingerprint density at radius 3 is 3.04 bits per heavy atom. The largest absolute Gasteiger partial charge is 0.338 e. The number of fused-ring (bicyclic) bond motifs is 1. The molecule has 23 heavy (non-hydrogen) atoms. The molecule has 0 bridgehead atoms. The second-order valence-corrected chi connectivity index (χ2v) is 5.72. The van der Waals surface area contributed by atoms with E-state index < -0.39 is 0 Å². The quantitative estimate of drug-likeness (QED) is 0.874. The van der Waals surface area contributed by atoms with Crippen molar-refractivity contribution in [3.8, 4) is 0 Å². The monoisotopic (exact) mass is 314 g/mol. The molecule has 2 amide bonds. The number of carbonyl (C=O) groups excluding carboxylic acids is 1. The van der Waals surface area contributed by atoms with Crippen molar-refractivity contribution in [1.82, 2.24) is 30.4 Å². The summed E-state index contributed by atoms with van der Waals surface area (Å²) in [7, 11) is 0. The molecule has 0 unspecified atom stereocenters. The van der Waals surface area contributed by atoms with E-state index in [2.05, 4.69) is 30.4 Å². The Balaban J connectivity index is 1.43. The zero-order chi connectivity index (χ0) is 15.9. The minimum Gasteiger partial charge on any atom is -0.338 e. The van der Waals surface area contributed by atoms with Gasteiger partial charge in [-0.15, -0.1) is 10.2 Å². The van der Waals surface area contributed by atoms with Gasteiger partial charge in [0.2, 0.25) is 0 Å². The predicted molar refractivity (Wildman–Crippen MR) is 85.8 cm³/mol. The normalized spacial score (nSPS) is 13.9. The van der Waals surface area contributed by atoms with Gasteiger partial charge in [0.05, 0.1) is 6.54 Å². The first-order valence-electron chi connectivity index (χ1n) is 8.14. The van der Waals surface area contributed by atoms with Crippen LogP contribution in [0.15, 0.2) is 24.5 Å². The zero-order valence-corrected chi connectivity index (χ0v) is 13.2. The summed E-state index contributed by atoms with van der Waals surface area (Å²) >= 11 is 0. The van der Waals surface area contributed by atoms with Crippen LogP contribution in [0.1, 0.15) is 36.5 Å². The molecular weight excluding hydrogens is 292 g/mol. The summed E-state index contributed by atoms with van der Waals surface area (Å²) in [4.78, 5) is 15.9. The van der Waals surface area contributed by atoms with Gasteiger partial charge in [0.1, 0.15) is 5.82 Å². The van der Waals surface area contributed by atoms with E-state index >= 15 is 0 Å². The molecule has 7 heteroatoms. The molecule has 0 aromatic carbocycles. The number of aryl methyl sites for hydroxylation is 1. The molecule has 2 aromatic rings. The fraction of sp³-hybridized carbons (Fsp3) is 0.500. The minimum absolute atomic E-state index is 0.181. The predicted octanol–water partition coefficient (Wildman–Crippen LogP) is 1.44. The number of aromatic nitrogens is 4. The van der Waals surface area contributed by atoms with Crippen LogP contribution in [0.3, 0.4) is 0 Å². The number of urea groups is 1. The van der Waals surface area contributed by atoms with Crippen LogP contribution in [0.5, 0.6) is 0 Å². The number of carbonyl (C=O) groups is 1. The Hall–Kier alpha value is -2.44. The van der Waals surface area contributed by atoms with Crippen molar-refractivity contribution in [1.29, 1.82) is 0 Å². The molecular formula is C16H22N6O. The van der Waals surface area contributed by atoms with Crippen LogP contribution in [0.25, 0.3) is 0 Å². The van der Waals surface area contributed by atoms with E-state index in [-0.39, 0.29) is 6.03 Å². The lowest BCUT2D eigenvalue weighted by atomic mass is 10.2. The lowest BCUT2D eigenvalue weighted by Gasteiger charge is -2.09. The molecule has 2 N–H and O–H groups in total. The summed E-state index contributed by atoms with van der Waals surface area (Å²) in [6.07, 6.45) is 8.84. The fourth-order valence-electron chi connectivity index (χ4n) is 2.76. The van der Waals surface area contributed by atoms with Crippen LogP contribution in [-0.4, -0.2) is 32.3 Å². The third-order valence-electron chi connectivity index (χ3n) is 4.02. The van der Waals surface area contributed by atoms with Crippen molar-refractivity contribution < 1.29 is 4.79 Å². The molecule has 1 aliphatic heterocycles. The van der Waals surface area contributed by atoms with Crippen molar-refractivity contribution in [2.75, 3.05) is 6.54 Å². The summed E-state index contributed by atoms with van der Waals surface area (Å²) in [5.41, 5.74) is 1.11. The third kappa shape index (κ3) is 4.28. The van der Waals surface area contributed by atoms with E-state index in [1.54, 1.807) is 6.20 Å². The highest BCUT2D eigenvalue weighted by Gasteiger charge is 2.14. The number of amides is 2. The van der Waals surface area contributed by atoms with E-state index in [4.69, 9.17) is 0 Å². The summed E-state index contributed by atoms with van der Waals surface area (Å²) in [5, 5.41) is 14.1. The standard InChI is InChI=1S/C16H22N6O/c23-16(18-9-7-13-5-4-8-17-11-13)19-12-15-21-20-14-6-2-1-3-10-22(14)15/h4-5,8,11H,1-3,6-7,9-10,12H2,(H2,18,19,23). The first kappa shape index (κ1) is 15.5. The van der Waals surface area contributed by atoms with Gasteiger partial charge in [-0.05, 0) is 30.9 Å². The highest BCUT2D eigenvalue weighted by molar-refractivity contribution is 5.73. The topological polar surface area (TPSA) is 84.7 Å². The second kappa shape index (κ2) is 7.71. The van der Waals surface area contributed by atoms with E-state index in [0.717, 1.165) is 43.0 Å². The molecule has 0 spiro atoms. The fourth-order valence-corrected chi connectivity index (χ4v) is 2.76. The van der Waals surface area contributed by atoms with Crippen LogP contribution >= 0.6 is 0 Å². The maximum absolute atomic E-state index is 11.9. The Kier molecular flexibility index (Phi) is 5.18. The van der Waals surface area contributed by atoms with Gasteiger partial charge in [-0.2, -0.15) is 0 Å². The van der Waals surface area contributed by atoms with Crippen LogP contribution < -0.4 is 10.6 Å². The van der Waals surface area contributed by atoms with Crippen LogP contribution in [-0.2, 0) is 25.9 Å². The highest BCUT2D eigenvalue weighted by atomic mass is 16.2. The van der Waals surface area contributed by atoms with Crippen molar-refractivity contribution >= 4 is 6.03 Å². The van der Waals surface area contributed by atoms with Crippen molar-refractivity contribution in [2.24, 2.45) is 0 Å². The number of hydrogen-bond acceptors (Lipinski definition) is 4. The Morgan fingerprint density at radius 1 is 1.22 bits per heavy atom. The maximum atomic E-state index is 11.9. The lowest BCUT2D eigenvalue weighted by molar-refractivity contribution is 0.240. The summed E-state index contributed by atoms with van der Waals surface area (Å²) in [6, 6.07) is 3.71. The van der Waals surface area contributed by atoms with Gasteiger partial charge in [0.15, 0.2) is 5.82 Å². The average molecular weight is 314 g/mol. The van der Waals surface area contributed by atoms with E-state index in [1.165, 1.54) is 12.8 Å². The molecule has 3 heterocycles. The van der Waals surface area contributed by atoms with Crippen molar-refractivity contribution in [2.45, 2.75) is 45.2 Å². The second-order valence-electron chi connectivity index (χ2n) is 5.72. The Bertz CT molecular complexity index is 639. The van der Waals surface area contributed by atoms with Gasteiger partial charge in [-0.25, -0.2) is 4.79 Å². The maximum Gasteiger partial charge on any atom is 0.315 e. The summed E-state index contributed by atoms with van der Waals surface area (Å²) < 4.78 is 2.14. The van der Waals surface area contributed by atoms with Gasteiger partial charge >= 0.3 is 6.03 Å². The van der Waals surface area contributed by atoms with Gasteiger partial charge in [0, 0.05) is 31.9 Å². The first-order chi connectivity index (χ1) is 11.3. The molecule has 122 valence electrons. The average Bonchev–Trinajstić information content (AvgIpc) is 2.80. The van der Waals surface area contributed by atoms with Gasteiger partial charge in [-0.1, -0.05) is 12.5 Å². The van der Waals surface area contributed by atoms with Crippen LogP contribution in [0.4, 0.5) is 4.79 Å². The number of nitrogens with one attached hydrogen (secondary N) is 2. The van der Waals surface area contributed by atoms with Gasteiger partial charge < -0.3 is 15.2 Å². The molecule has 0 radical (unpaired) electrons. The minimum atomic E-state index is -0.181. The van der Waals surface area contributed by atoms with Crippen molar-refractivity contribution in [3.05, 3.63) is 41.7 Å². The molecule has 0 fully saturated rings. The number of nitrogens with zero attached hydrogens (tertiary/aromatic N) is 4. The van der Waals surface area contributed by atoms with Gasteiger partial charge in [0.25, 0.3) is 0 Å². The van der Waals surface area contributed by atoms with Crippen LogP contribution in [0.2, 0.25) is 0 Å². The SMILES string of the molecule is O=C(NCCc1cccnc1)NCc1nnc2n1CCCCC2. The molecule has 0 saturated heterocycles. The Morgan fingerprint density at radius 2 is 2.17 bits per heavy atom. The summed E-state index contributed by atoms with van der Waals surface area (Å²) in [5.74, 6) is 1.88. The number of hydrogen-bond donors (Lipinski definition) is 2. The molecule has 1 aliphatic rings. The molecule has 3 rings (SSSR count). The molecule has 2 aromatic heterocycles. The molecule has 0 aliphatic carbocycles.